The van der Waals surface area contributed by atoms with Gasteiger partial charge in [-0.15, -0.1) is 0 Å². The lowest BCUT2D eigenvalue weighted by atomic mass is 10.0. The number of halogens is 1. The number of anilines is 1. The molecule has 1 aliphatic heterocycles. The summed E-state index contributed by atoms with van der Waals surface area (Å²) in [7, 11) is 0. The van der Waals surface area contributed by atoms with E-state index in [0.29, 0.717) is 16.8 Å². The molecule has 1 aliphatic rings. The molecule has 5 heteroatoms. The van der Waals surface area contributed by atoms with Crippen molar-refractivity contribution in [2.24, 2.45) is 0 Å². The Kier molecular flexibility index (Phi) is 5.53. The molecule has 0 aromatic heterocycles. The first-order valence-electron chi connectivity index (χ1n) is 8.53. The molecule has 1 saturated heterocycles. The molecule has 0 bridgehead atoms. The van der Waals surface area contributed by atoms with Crippen LogP contribution in [0.4, 0.5) is 5.69 Å². The van der Waals surface area contributed by atoms with Gasteiger partial charge in [0, 0.05) is 22.6 Å². The average molecular weight is 401 g/mol. The average Bonchev–Trinajstić information content (AvgIpc) is 2.62. The third kappa shape index (κ3) is 4.10. The first-order valence-corrected chi connectivity index (χ1v) is 9.32. The smallest absolute Gasteiger partial charge is 0.256 e. The van der Waals surface area contributed by atoms with Gasteiger partial charge in [0.05, 0.1) is 11.3 Å². The van der Waals surface area contributed by atoms with Crippen LogP contribution in [0.1, 0.15) is 46.9 Å². The van der Waals surface area contributed by atoms with Crippen molar-refractivity contribution in [3.63, 3.8) is 0 Å². The molecule has 4 nitrogen and oxygen atoms in total. The fraction of sp³-hybridized carbons (Fsp3) is 0.300. The highest BCUT2D eigenvalue weighted by Gasteiger charge is 2.26. The predicted molar refractivity (Wildman–Crippen MR) is 103 cm³/mol. The van der Waals surface area contributed by atoms with Crippen LogP contribution >= 0.6 is 15.9 Å². The molecule has 1 fully saturated rings. The third-order valence-electron chi connectivity index (χ3n) is 4.58. The molecule has 1 atom stereocenters. The maximum absolute atomic E-state index is 13.0. The van der Waals surface area contributed by atoms with Crippen molar-refractivity contribution in [3.05, 3.63) is 64.1 Å². The summed E-state index contributed by atoms with van der Waals surface area (Å²) in [6.45, 7) is 2.86. The van der Waals surface area contributed by atoms with Gasteiger partial charge in [0.25, 0.3) is 11.8 Å². The molecular weight excluding hydrogens is 380 g/mol. The Morgan fingerprint density at radius 2 is 1.80 bits per heavy atom. The molecule has 1 heterocycles. The number of carbonyl (C=O) groups excluding carboxylic acids is 2. The number of hydrogen-bond acceptors (Lipinski definition) is 2. The first kappa shape index (κ1) is 17.7. The van der Waals surface area contributed by atoms with Crippen LogP contribution in [0, 0.1) is 0 Å². The van der Waals surface area contributed by atoms with E-state index in [9.17, 15) is 9.59 Å². The number of hydrogen-bond donors (Lipinski definition) is 1. The van der Waals surface area contributed by atoms with Gasteiger partial charge in [0.15, 0.2) is 0 Å². The number of carbonyl (C=O) groups is 2. The van der Waals surface area contributed by atoms with Crippen LogP contribution in [0.15, 0.2) is 53.0 Å². The molecule has 0 unspecified atom stereocenters. The van der Waals surface area contributed by atoms with Gasteiger partial charge in [-0.1, -0.05) is 28.1 Å². The fourth-order valence-corrected chi connectivity index (χ4v) is 3.39. The van der Waals surface area contributed by atoms with Crippen molar-refractivity contribution in [2.75, 3.05) is 11.9 Å². The van der Waals surface area contributed by atoms with Gasteiger partial charge in [-0.05, 0) is 62.6 Å². The van der Waals surface area contributed by atoms with Crippen LogP contribution < -0.4 is 5.32 Å². The Morgan fingerprint density at radius 3 is 2.52 bits per heavy atom. The highest BCUT2D eigenvalue weighted by atomic mass is 79.9. The number of rotatable bonds is 3. The second-order valence-electron chi connectivity index (χ2n) is 6.35. The molecule has 130 valence electrons. The van der Waals surface area contributed by atoms with Crippen LogP contribution in [-0.4, -0.2) is 29.3 Å². The monoisotopic (exact) mass is 400 g/mol. The quantitative estimate of drug-likeness (QED) is 0.810. The highest BCUT2D eigenvalue weighted by Crippen LogP contribution is 2.24. The molecule has 2 amide bonds. The highest BCUT2D eigenvalue weighted by molar-refractivity contribution is 9.10. The number of nitrogens with zero attached hydrogens (tertiary/aromatic N) is 1. The van der Waals surface area contributed by atoms with E-state index in [1.165, 1.54) is 0 Å². The Hall–Kier alpha value is -2.14. The zero-order valence-electron chi connectivity index (χ0n) is 14.2. The minimum Gasteiger partial charge on any atom is -0.336 e. The zero-order chi connectivity index (χ0) is 17.8. The van der Waals surface area contributed by atoms with Gasteiger partial charge < -0.3 is 10.2 Å². The van der Waals surface area contributed by atoms with E-state index < -0.39 is 0 Å². The molecule has 0 spiro atoms. The van der Waals surface area contributed by atoms with Crippen LogP contribution in [-0.2, 0) is 0 Å². The summed E-state index contributed by atoms with van der Waals surface area (Å²) >= 11 is 3.36. The van der Waals surface area contributed by atoms with Crippen LogP contribution in [0.25, 0.3) is 0 Å². The molecule has 0 radical (unpaired) electrons. The summed E-state index contributed by atoms with van der Waals surface area (Å²) in [5.74, 6) is -0.238. The van der Waals surface area contributed by atoms with Crippen molar-refractivity contribution in [2.45, 2.75) is 32.2 Å². The molecule has 3 rings (SSSR count). The summed E-state index contributed by atoms with van der Waals surface area (Å²) < 4.78 is 0.915. The van der Waals surface area contributed by atoms with E-state index in [1.807, 2.05) is 29.2 Å². The number of amides is 2. The van der Waals surface area contributed by atoms with Crippen molar-refractivity contribution in [1.29, 1.82) is 0 Å². The largest absolute Gasteiger partial charge is 0.336 e. The van der Waals surface area contributed by atoms with Gasteiger partial charge in [0.2, 0.25) is 0 Å². The lowest BCUT2D eigenvalue weighted by Crippen LogP contribution is -2.42. The zero-order valence-corrected chi connectivity index (χ0v) is 15.8. The summed E-state index contributed by atoms with van der Waals surface area (Å²) in [6.07, 6.45) is 3.22. The lowest BCUT2D eigenvalue weighted by molar-refractivity contribution is 0.0636. The minimum absolute atomic E-state index is 0.0149. The topological polar surface area (TPSA) is 49.4 Å². The lowest BCUT2D eigenvalue weighted by Gasteiger charge is -2.33. The number of nitrogens with one attached hydrogen (secondary N) is 1. The summed E-state index contributed by atoms with van der Waals surface area (Å²) in [6, 6.07) is 14.6. The maximum atomic E-state index is 13.0. The molecule has 2 aromatic rings. The molecular formula is C20H21BrN2O2. The number of benzene rings is 2. The van der Waals surface area contributed by atoms with E-state index in [2.05, 4.69) is 28.2 Å². The Balaban J connectivity index is 1.82. The minimum atomic E-state index is -0.223. The molecule has 25 heavy (non-hydrogen) atoms. The SMILES string of the molecule is C[C@H]1CCCCN1C(=O)c1ccccc1NC(=O)c1ccc(Br)cc1. The number of piperidine rings is 1. The summed E-state index contributed by atoms with van der Waals surface area (Å²) in [5, 5.41) is 2.88. The fourth-order valence-electron chi connectivity index (χ4n) is 3.13. The van der Waals surface area contributed by atoms with Gasteiger partial charge in [-0.25, -0.2) is 0 Å². The molecule has 1 N–H and O–H groups in total. The Morgan fingerprint density at radius 1 is 1.08 bits per heavy atom. The maximum Gasteiger partial charge on any atom is 0.256 e. The van der Waals surface area contributed by atoms with Crippen LogP contribution in [0.2, 0.25) is 0 Å². The van der Waals surface area contributed by atoms with Gasteiger partial charge >= 0.3 is 0 Å². The molecule has 2 aromatic carbocycles. The van der Waals surface area contributed by atoms with E-state index >= 15 is 0 Å². The van der Waals surface area contributed by atoms with Crippen molar-refractivity contribution < 1.29 is 9.59 Å². The summed E-state index contributed by atoms with van der Waals surface area (Å²) in [5.41, 5.74) is 1.65. The van der Waals surface area contributed by atoms with Crippen molar-refractivity contribution >= 4 is 33.4 Å². The third-order valence-corrected chi connectivity index (χ3v) is 5.10. The summed E-state index contributed by atoms with van der Waals surface area (Å²) in [4.78, 5) is 27.4. The van der Waals surface area contributed by atoms with E-state index in [1.54, 1.807) is 24.3 Å². The van der Waals surface area contributed by atoms with Gasteiger partial charge in [-0.3, -0.25) is 9.59 Å². The van der Waals surface area contributed by atoms with E-state index in [4.69, 9.17) is 0 Å². The second kappa shape index (κ2) is 7.83. The Bertz CT molecular complexity index is 774. The van der Waals surface area contributed by atoms with Crippen LogP contribution in [0.3, 0.4) is 0 Å². The van der Waals surface area contributed by atoms with E-state index in [0.717, 1.165) is 30.3 Å². The predicted octanol–water partition coefficient (Wildman–Crippen LogP) is 4.72. The van der Waals surface area contributed by atoms with Crippen LogP contribution in [0.5, 0.6) is 0 Å². The van der Waals surface area contributed by atoms with Gasteiger partial charge in [-0.2, -0.15) is 0 Å². The van der Waals surface area contributed by atoms with E-state index in [-0.39, 0.29) is 17.9 Å². The van der Waals surface area contributed by atoms with Crippen molar-refractivity contribution in [3.8, 4) is 0 Å². The number of para-hydroxylation sites is 1. The second-order valence-corrected chi connectivity index (χ2v) is 7.27. The standard InChI is InChI=1S/C20H21BrN2O2/c1-14-6-4-5-13-23(14)20(25)17-7-2-3-8-18(17)22-19(24)15-9-11-16(21)12-10-15/h2-3,7-12,14H,4-6,13H2,1H3,(H,22,24)/t14-/m0/s1. The number of likely N-dealkylation sites (tertiary alicyclic amines) is 1. The van der Waals surface area contributed by atoms with Crippen molar-refractivity contribution in [1.82, 2.24) is 4.90 Å². The normalized spacial score (nSPS) is 17.2. The van der Waals surface area contributed by atoms with Gasteiger partial charge in [0.1, 0.15) is 0 Å². The molecule has 0 saturated carbocycles. The Labute approximate surface area is 156 Å². The molecule has 0 aliphatic carbocycles. The first-order chi connectivity index (χ1) is 12.1.